The number of likely N-dealkylation sites (tertiary alicyclic amines) is 1. The second kappa shape index (κ2) is 7.98. The summed E-state index contributed by atoms with van der Waals surface area (Å²) in [6.45, 7) is 4.30. The first kappa shape index (κ1) is 18.4. The van der Waals surface area contributed by atoms with Crippen molar-refractivity contribution >= 4 is 22.6 Å². The lowest BCUT2D eigenvalue weighted by Crippen LogP contribution is -2.39. The molecular formula is C23H25N3O2. The molecule has 1 aliphatic rings. The molecule has 5 nitrogen and oxygen atoms in total. The highest BCUT2D eigenvalue weighted by atomic mass is 16.2. The van der Waals surface area contributed by atoms with Crippen molar-refractivity contribution in [2.45, 2.75) is 25.8 Å². The minimum absolute atomic E-state index is 0.0875. The summed E-state index contributed by atoms with van der Waals surface area (Å²) in [4.78, 5) is 31.1. The summed E-state index contributed by atoms with van der Waals surface area (Å²) in [6.07, 6.45) is 2.34. The van der Waals surface area contributed by atoms with E-state index < -0.39 is 11.7 Å². The van der Waals surface area contributed by atoms with Crippen molar-refractivity contribution in [3.63, 3.8) is 0 Å². The highest BCUT2D eigenvalue weighted by Gasteiger charge is 2.27. The molecule has 1 aromatic heterocycles. The maximum Gasteiger partial charge on any atom is 0.292 e. The second-order valence-electron chi connectivity index (χ2n) is 7.38. The number of nitrogens with zero attached hydrogens (tertiary/aromatic N) is 1. The fourth-order valence-corrected chi connectivity index (χ4v) is 4.14. The van der Waals surface area contributed by atoms with Gasteiger partial charge >= 0.3 is 0 Å². The van der Waals surface area contributed by atoms with Gasteiger partial charge in [-0.05, 0) is 44.5 Å². The first-order chi connectivity index (χ1) is 13.6. The number of aromatic amines is 1. The smallest absolute Gasteiger partial charge is 0.292 e. The Hall–Kier alpha value is -2.92. The average Bonchev–Trinajstić information content (AvgIpc) is 3.35. The van der Waals surface area contributed by atoms with E-state index in [1.165, 1.54) is 18.4 Å². The van der Waals surface area contributed by atoms with Gasteiger partial charge in [0.2, 0.25) is 0 Å². The van der Waals surface area contributed by atoms with Crippen LogP contribution in [-0.4, -0.2) is 41.2 Å². The molecule has 2 N–H and O–H groups in total. The summed E-state index contributed by atoms with van der Waals surface area (Å²) in [7, 11) is 0. The first-order valence-corrected chi connectivity index (χ1v) is 9.84. The number of carbonyl (C=O) groups is 2. The molecule has 4 rings (SSSR count). The molecule has 1 aliphatic heterocycles. The first-order valence-electron chi connectivity index (χ1n) is 9.84. The minimum atomic E-state index is -0.548. The predicted molar refractivity (Wildman–Crippen MR) is 110 cm³/mol. The second-order valence-corrected chi connectivity index (χ2v) is 7.38. The van der Waals surface area contributed by atoms with Crippen LogP contribution in [0.4, 0.5) is 0 Å². The number of H-pyrrole nitrogens is 1. The van der Waals surface area contributed by atoms with Crippen molar-refractivity contribution in [1.82, 2.24) is 15.2 Å². The third-order valence-electron chi connectivity index (χ3n) is 5.55. The Morgan fingerprint density at radius 3 is 2.46 bits per heavy atom. The Balaban J connectivity index is 1.51. The van der Waals surface area contributed by atoms with Gasteiger partial charge in [-0.15, -0.1) is 0 Å². The van der Waals surface area contributed by atoms with Crippen LogP contribution in [-0.2, 0) is 4.79 Å². The monoisotopic (exact) mass is 375 g/mol. The molecule has 1 unspecified atom stereocenters. The Labute approximate surface area is 164 Å². The number of amides is 1. The van der Waals surface area contributed by atoms with E-state index in [0.29, 0.717) is 12.1 Å². The number of aryl methyl sites for hydroxylation is 1. The zero-order chi connectivity index (χ0) is 19.5. The Morgan fingerprint density at radius 2 is 1.71 bits per heavy atom. The van der Waals surface area contributed by atoms with Crippen LogP contribution < -0.4 is 5.32 Å². The van der Waals surface area contributed by atoms with E-state index in [1.54, 1.807) is 0 Å². The summed E-state index contributed by atoms with van der Waals surface area (Å²) >= 11 is 0. The summed E-state index contributed by atoms with van der Waals surface area (Å²) in [6, 6.07) is 17.8. The molecule has 28 heavy (non-hydrogen) atoms. The molecule has 1 fully saturated rings. The standard InChI is InChI=1S/C23H25N3O2/c1-16-21(18-11-5-6-12-19(18)25-16)22(27)23(28)24-15-20(26-13-7-8-14-26)17-9-3-2-4-10-17/h2-6,9-12,20,25H,7-8,13-15H2,1H3,(H,24,28). The van der Waals surface area contributed by atoms with Gasteiger partial charge < -0.3 is 10.3 Å². The van der Waals surface area contributed by atoms with Crippen molar-refractivity contribution in [2.75, 3.05) is 19.6 Å². The summed E-state index contributed by atoms with van der Waals surface area (Å²) in [5.41, 5.74) is 3.22. The lowest BCUT2D eigenvalue weighted by molar-refractivity contribution is -0.117. The van der Waals surface area contributed by atoms with E-state index in [9.17, 15) is 9.59 Å². The Kier molecular flexibility index (Phi) is 5.26. The lowest BCUT2D eigenvalue weighted by Gasteiger charge is -2.28. The van der Waals surface area contributed by atoms with E-state index in [2.05, 4.69) is 27.3 Å². The number of hydrogen-bond donors (Lipinski definition) is 2. The predicted octanol–water partition coefficient (Wildman–Crippen LogP) is 3.61. The molecule has 3 aromatic rings. The van der Waals surface area contributed by atoms with Crippen LogP contribution in [0.3, 0.4) is 0 Å². The van der Waals surface area contributed by atoms with Gasteiger partial charge in [0.15, 0.2) is 0 Å². The van der Waals surface area contributed by atoms with Crippen LogP contribution in [0.1, 0.15) is 40.5 Å². The maximum atomic E-state index is 12.9. The van der Waals surface area contributed by atoms with Gasteiger partial charge in [-0.1, -0.05) is 48.5 Å². The summed E-state index contributed by atoms with van der Waals surface area (Å²) in [5, 5.41) is 3.69. The fraction of sp³-hybridized carbons (Fsp3) is 0.304. The van der Waals surface area contributed by atoms with Crippen molar-refractivity contribution in [3.8, 4) is 0 Å². The van der Waals surface area contributed by atoms with Crippen molar-refractivity contribution < 1.29 is 9.59 Å². The zero-order valence-corrected chi connectivity index (χ0v) is 16.1. The number of hydrogen-bond acceptors (Lipinski definition) is 3. The van der Waals surface area contributed by atoms with Crippen LogP contribution in [0.5, 0.6) is 0 Å². The highest BCUT2D eigenvalue weighted by Crippen LogP contribution is 2.25. The number of aromatic nitrogens is 1. The van der Waals surface area contributed by atoms with E-state index >= 15 is 0 Å². The van der Waals surface area contributed by atoms with Crippen molar-refractivity contribution in [1.29, 1.82) is 0 Å². The van der Waals surface area contributed by atoms with Crippen LogP contribution >= 0.6 is 0 Å². The number of para-hydroxylation sites is 1. The molecule has 1 saturated heterocycles. The molecule has 5 heteroatoms. The molecule has 1 amide bonds. The quantitative estimate of drug-likeness (QED) is 0.511. The number of Topliss-reactive ketones (excluding diaryl/α,β-unsaturated/α-hetero) is 1. The zero-order valence-electron chi connectivity index (χ0n) is 16.1. The normalized spacial score (nSPS) is 15.6. The molecule has 2 heterocycles. The number of fused-ring (bicyclic) bond motifs is 1. The number of benzene rings is 2. The van der Waals surface area contributed by atoms with Crippen LogP contribution in [0.15, 0.2) is 54.6 Å². The Bertz CT molecular complexity index is 988. The molecule has 0 bridgehead atoms. The van der Waals surface area contributed by atoms with Gasteiger partial charge in [-0.2, -0.15) is 0 Å². The van der Waals surface area contributed by atoms with Crippen LogP contribution in [0, 0.1) is 6.92 Å². The summed E-state index contributed by atoms with van der Waals surface area (Å²) < 4.78 is 0. The summed E-state index contributed by atoms with van der Waals surface area (Å²) in [5.74, 6) is -1.03. The average molecular weight is 375 g/mol. The van der Waals surface area contributed by atoms with Gasteiger partial charge in [-0.25, -0.2) is 0 Å². The van der Waals surface area contributed by atoms with E-state index in [0.717, 1.165) is 29.7 Å². The van der Waals surface area contributed by atoms with Gasteiger partial charge in [0.1, 0.15) is 0 Å². The molecule has 0 aliphatic carbocycles. The largest absolute Gasteiger partial charge is 0.358 e. The van der Waals surface area contributed by atoms with Gasteiger partial charge in [-0.3, -0.25) is 14.5 Å². The topological polar surface area (TPSA) is 65.2 Å². The van der Waals surface area contributed by atoms with E-state index in [1.807, 2.05) is 49.4 Å². The molecular weight excluding hydrogens is 350 g/mol. The molecule has 0 saturated carbocycles. The number of rotatable bonds is 6. The highest BCUT2D eigenvalue weighted by molar-refractivity contribution is 6.45. The lowest BCUT2D eigenvalue weighted by atomic mass is 10.0. The van der Waals surface area contributed by atoms with Gasteiger partial charge in [0.25, 0.3) is 11.7 Å². The van der Waals surface area contributed by atoms with Gasteiger partial charge in [0.05, 0.1) is 11.6 Å². The van der Waals surface area contributed by atoms with E-state index in [-0.39, 0.29) is 6.04 Å². The number of ketones is 1. The SMILES string of the molecule is Cc1[nH]c2ccccc2c1C(=O)C(=O)NCC(c1ccccc1)N1CCCC1. The van der Waals surface area contributed by atoms with E-state index in [4.69, 9.17) is 0 Å². The maximum absolute atomic E-state index is 12.9. The third-order valence-corrected chi connectivity index (χ3v) is 5.55. The van der Waals surface area contributed by atoms with Crippen LogP contribution in [0.2, 0.25) is 0 Å². The number of carbonyl (C=O) groups excluding carboxylic acids is 2. The van der Waals surface area contributed by atoms with Gasteiger partial charge in [0, 0.05) is 23.1 Å². The minimum Gasteiger partial charge on any atom is -0.358 e. The molecule has 144 valence electrons. The van der Waals surface area contributed by atoms with Crippen LogP contribution in [0.25, 0.3) is 10.9 Å². The third kappa shape index (κ3) is 3.58. The molecule has 0 spiro atoms. The fourth-order valence-electron chi connectivity index (χ4n) is 4.14. The van der Waals surface area contributed by atoms with Crippen molar-refractivity contribution in [3.05, 3.63) is 71.4 Å². The molecule has 0 radical (unpaired) electrons. The molecule has 1 atom stereocenters. The number of nitrogens with one attached hydrogen (secondary N) is 2. The van der Waals surface area contributed by atoms with Crippen molar-refractivity contribution in [2.24, 2.45) is 0 Å². The molecule has 2 aromatic carbocycles. The Morgan fingerprint density at radius 1 is 1.04 bits per heavy atom.